The summed E-state index contributed by atoms with van der Waals surface area (Å²) < 4.78 is 0. The van der Waals surface area contributed by atoms with Crippen LogP contribution in [0.1, 0.15) is 47.5 Å². The predicted octanol–water partition coefficient (Wildman–Crippen LogP) is 3.16. The lowest BCUT2D eigenvalue weighted by molar-refractivity contribution is -0.114. The second-order valence-corrected chi connectivity index (χ2v) is 7.82. The molecule has 1 aromatic carbocycles. The van der Waals surface area contributed by atoms with Gasteiger partial charge in [-0.2, -0.15) is 0 Å². The lowest BCUT2D eigenvalue weighted by Crippen LogP contribution is -2.66. The van der Waals surface area contributed by atoms with Crippen LogP contribution in [0, 0.1) is 0 Å². The van der Waals surface area contributed by atoms with Crippen LogP contribution >= 0.6 is 0 Å². The molecule has 0 aliphatic carbocycles. The van der Waals surface area contributed by atoms with Crippen molar-refractivity contribution in [3.05, 3.63) is 24.3 Å². The molecule has 0 saturated carbocycles. The van der Waals surface area contributed by atoms with Crippen LogP contribution in [0.4, 0.5) is 16.2 Å². The summed E-state index contributed by atoms with van der Waals surface area (Å²) in [7, 11) is 0. The van der Waals surface area contributed by atoms with Crippen LogP contribution in [0.5, 0.6) is 0 Å². The number of benzene rings is 1. The van der Waals surface area contributed by atoms with Crippen LogP contribution in [0.25, 0.3) is 0 Å². The highest BCUT2D eigenvalue weighted by molar-refractivity contribution is 5.93. The molecule has 1 saturated heterocycles. The Morgan fingerprint density at radius 2 is 1.58 bits per heavy atom. The van der Waals surface area contributed by atoms with E-state index in [1.165, 1.54) is 6.92 Å². The van der Waals surface area contributed by atoms with Crippen LogP contribution in [0.2, 0.25) is 0 Å². The van der Waals surface area contributed by atoms with Gasteiger partial charge in [0.05, 0.1) is 0 Å². The minimum atomic E-state index is -0.333. The summed E-state index contributed by atoms with van der Waals surface area (Å²) >= 11 is 0. The van der Waals surface area contributed by atoms with Crippen molar-refractivity contribution in [2.75, 3.05) is 10.6 Å². The first-order chi connectivity index (χ1) is 11.0. The summed E-state index contributed by atoms with van der Waals surface area (Å²) in [5, 5.41) is 5.66. The molecule has 0 aromatic heterocycles. The average molecular weight is 332 g/mol. The Labute approximate surface area is 143 Å². The fourth-order valence-electron chi connectivity index (χ4n) is 3.96. The molecule has 0 unspecified atom stereocenters. The molecule has 24 heavy (non-hydrogen) atoms. The number of likely N-dealkylation sites (tertiary alicyclic amines) is 1. The van der Waals surface area contributed by atoms with Gasteiger partial charge in [-0.15, -0.1) is 0 Å². The number of piperidine rings is 1. The quantitative estimate of drug-likeness (QED) is 0.777. The number of nitrogens with zero attached hydrogens (tertiary/aromatic N) is 1. The van der Waals surface area contributed by atoms with Gasteiger partial charge in [-0.1, -0.05) is 6.07 Å². The molecule has 3 amide bonds. The first-order valence-electron chi connectivity index (χ1n) is 8.26. The molecule has 1 aliphatic rings. The highest BCUT2D eigenvalue weighted by Crippen LogP contribution is 2.38. The maximum absolute atomic E-state index is 12.9. The summed E-state index contributed by atoms with van der Waals surface area (Å²) in [4.78, 5) is 26.0. The number of nitrogens with one attached hydrogen (secondary N) is 2. The van der Waals surface area contributed by atoms with Crippen molar-refractivity contribution in [3.63, 3.8) is 0 Å². The smallest absolute Gasteiger partial charge is 0.322 e. The summed E-state index contributed by atoms with van der Waals surface area (Å²) in [5.74, 6) is -0.147. The third-order valence-electron chi connectivity index (χ3n) is 4.37. The third-order valence-corrected chi connectivity index (χ3v) is 4.37. The van der Waals surface area contributed by atoms with Crippen LogP contribution < -0.4 is 16.4 Å². The molecule has 4 N–H and O–H groups in total. The second kappa shape index (κ2) is 6.43. The Bertz CT molecular complexity index is 622. The van der Waals surface area contributed by atoms with Gasteiger partial charge in [0.1, 0.15) is 0 Å². The van der Waals surface area contributed by atoms with Crippen LogP contribution in [0.15, 0.2) is 24.3 Å². The van der Waals surface area contributed by atoms with E-state index in [0.717, 1.165) is 12.8 Å². The first-order valence-corrected chi connectivity index (χ1v) is 8.26. The summed E-state index contributed by atoms with van der Waals surface area (Å²) in [5.41, 5.74) is 6.80. The zero-order valence-electron chi connectivity index (χ0n) is 15.1. The lowest BCUT2D eigenvalue weighted by atomic mass is 9.77. The Morgan fingerprint density at radius 3 is 2.08 bits per heavy atom. The van der Waals surface area contributed by atoms with Gasteiger partial charge in [0.25, 0.3) is 0 Å². The van der Waals surface area contributed by atoms with E-state index in [9.17, 15) is 9.59 Å². The number of hydrogen-bond donors (Lipinski definition) is 3. The lowest BCUT2D eigenvalue weighted by Gasteiger charge is -2.54. The zero-order chi connectivity index (χ0) is 18.1. The van der Waals surface area contributed by atoms with E-state index in [1.807, 2.05) is 32.6 Å². The Balaban J connectivity index is 2.20. The van der Waals surface area contributed by atoms with Crippen LogP contribution in [-0.4, -0.2) is 34.0 Å². The Morgan fingerprint density at radius 1 is 1.08 bits per heavy atom. The standard InChI is InChI=1S/C18H28N4O2/c1-12(23)20-14-7-6-8-15(9-14)21-16(24)22-17(2,3)10-13(19)11-18(22,4)5/h6-9,13H,10-11,19H2,1-5H3,(H,20,23)(H,21,24). The average Bonchev–Trinajstić information content (AvgIpc) is 2.33. The van der Waals surface area contributed by atoms with Crippen molar-refractivity contribution in [1.82, 2.24) is 4.90 Å². The minimum Gasteiger partial charge on any atom is -0.328 e. The molecule has 6 heteroatoms. The highest BCUT2D eigenvalue weighted by atomic mass is 16.2. The number of hydrogen-bond acceptors (Lipinski definition) is 3. The van der Waals surface area contributed by atoms with E-state index >= 15 is 0 Å². The van der Waals surface area contributed by atoms with Crippen molar-refractivity contribution >= 4 is 23.3 Å². The fraction of sp³-hybridized carbons (Fsp3) is 0.556. The first kappa shape index (κ1) is 18.3. The van der Waals surface area contributed by atoms with E-state index in [1.54, 1.807) is 24.3 Å². The van der Waals surface area contributed by atoms with E-state index in [4.69, 9.17) is 5.73 Å². The topological polar surface area (TPSA) is 87.5 Å². The van der Waals surface area contributed by atoms with Gasteiger partial charge in [0.2, 0.25) is 5.91 Å². The molecule has 6 nitrogen and oxygen atoms in total. The van der Waals surface area contributed by atoms with Gasteiger partial charge in [-0.3, -0.25) is 4.79 Å². The van der Waals surface area contributed by atoms with E-state index < -0.39 is 0 Å². The van der Waals surface area contributed by atoms with E-state index in [0.29, 0.717) is 11.4 Å². The van der Waals surface area contributed by atoms with E-state index in [-0.39, 0.29) is 29.1 Å². The number of urea groups is 1. The van der Waals surface area contributed by atoms with Crippen molar-refractivity contribution < 1.29 is 9.59 Å². The summed E-state index contributed by atoms with van der Waals surface area (Å²) in [6.07, 6.45) is 1.52. The largest absolute Gasteiger partial charge is 0.328 e. The van der Waals surface area contributed by atoms with Gasteiger partial charge in [0.15, 0.2) is 0 Å². The normalized spacial score (nSPS) is 19.7. The van der Waals surface area contributed by atoms with Gasteiger partial charge in [-0.05, 0) is 58.7 Å². The van der Waals surface area contributed by atoms with Gasteiger partial charge in [-0.25, -0.2) is 4.79 Å². The predicted molar refractivity (Wildman–Crippen MR) is 97.0 cm³/mol. The van der Waals surface area contributed by atoms with Crippen LogP contribution in [0.3, 0.4) is 0 Å². The van der Waals surface area contributed by atoms with Crippen LogP contribution in [-0.2, 0) is 4.79 Å². The Kier molecular flexibility index (Phi) is 4.90. The van der Waals surface area contributed by atoms with Gasteiger partial charge < -0.3 is 21.3 Å². The minimum absolute atomic E-state index is 0.0853. The second-order valence-electron chi connectivity index (χ2n) is 7.82. The molecule has 1 heterocycles. The summed E-state index contributed by atoms with van der Waals surface area (Å²) in [6.45, 7) is 9.62. The molecule has 1 aliphatic heterocycles. The molecule has 2 rings (SSSR count). The maximum Gasteiger partial charge on any atom is 0.322 e. The molecule has 0 radical (unpaired) electrons. The monoisotopic (exact) mass is 332 g/mol. The van der Waals surface area contributed by atoms with Crippen molar-refractivity contribution in [3.8, 4) is 0 Å². The SMILES string of the molecule is CC(=O)Nc1cccc(NC(=O)N2C(C)(C)CC(N)CC2(C)C)c1. The van der Waals surface area contributed by atoms with Crippen molar-refractivity contribution in [2.24, 2.45) is 5.73 Å². The number of amides is 3. The fourth-order valence-corrected chi connectivity index (χ4v) is 3.96. The number of anilines is 2. The molecule has 132 valence electrons. The maximum atomic E-state index is 12.9. The van der Waals surface area contributed by atoms with Crippen molar-refractivity contribution in [1.29, 1.82) is 0 Å². The molecular weight excluding hydrogens is 304 g/mol. The number of carbonyl (C=O) groups is 2. The molecule has 0 spiro atoms. The Hall–Kier alpha value is -2.08. The molecular formula is C18H28N4O2. The zero-order valence-corrected chi connectivity index (χ0v) is 15.1. The molecule has 1 fully saturated rings. The van der Waals surface area contributed by atoms with E-state index in [2.05, 4.69) is 10.6 Å². The number of carbonyl (C=O) groups excluding carboxylic acids is 2. The summed E-state index contributed by atoms with van der Waals surface area (Å²) in [6, 6.07) is 7.06. The number of nitrogens with two attached hydrogens (primary N) is 1. The van der Waals surface area contributed by atoms with Gasteiger partial charge in [0, 0.05) is 35.4 Å². The number of rotatable bonds is 2. The molecule has 0 bridgehead atoms. The molecule has 1 aromatic rings. The third kappa shape index (κ3) is 4.06. The van der Waals surface area contributed by atoms with Crippen molar-refractivity contribution in [2.45, 2.75) is 64.6 Å². The highest BCUT2D eigenvalue weighted by Gasteiger charge is 2.46. The van der Waals surface area contributed by atoms with Gasteiger partial charge >= 0.3 is 6.03 Å². The molecule has 0 atom stereocenters.